The molecule has 112 valence electrons. The first kappa shape index (κ1) is 14.3. The van der Waals surface area contributed by atoms with Gasteiger partial charge in [-0.2, -0.15) is 0 Å². The number of hydrogen-bond donors (Lipinski definition) is 1. The van der Waals surface area contributed by atoms with Gasteiger partial charge in [0, 0.05) is 13.6 Å². The van der Waals surface area contributed by atoms with Gasteiger partial charge in [-0.25, -0.2) is 0 Å². The Labute approximate surface area is 131 Å². The number of aromatic nitrogens is 3. The predicted octanol–water partition coefficient (Wildman–Crippen LogP) is 2.20. The molecule has 2 aromatic rings. The monoisotopic (exact) mass is 352 g/mol. The van der Waals surface area contributed by atoms with Crippen molar-refractivity contribution in [3.63, 3.8) is 0 Å². The molecule has 0 amide bonds. The first-order chi connectivity index (χ1) is 10.1. The van der Waals surface area contributed by atoms with Crippen LogP contribution in [0, 0.1) is 0 Å². The third kappa shape index (κ3) is 3.03. The summed E-state index contributed by atoms with van der Waals surface area (Å²) in [7, 11) is 1.94. The zero-order chi connectivity index (χ0) is 14.8. The van der Waals surface area contributed by atoms with E-state index in [4.69, 9.17) is 9.47 Å². The molecule has 1 aromatic carbocycles. The molecule has 3 rings (SSSR count). The van der Waals surface area contributed by atoms with Crippen LogP contribution in [0.25, 0.3) is 0 Å². The van der Waals surface area contributed by atoms with Gasteiger partial charge < -0.3 is 19.4 Å². The molecule has 1 atom stereocenters. The van der Waals surface area contributed by atoms with Crippen molar-refractivity contribution in [3.05, 3.63) is 34.3 Å². The summed E-state index contributed by atoms with van der Waals surface area (Å²) in [5.74, 6) is 2.48. The Kier molecular flexibility index (Phi) is 4.12. The summed E-state index contributed by atoms with van der Waals surface area (Å²) >= 11 is 3.53. The van der Waals surface area contributed by atoms with Gasteiger partial charge in [-0.05, 0) is 40.5 Å². The van der Waals surface area contributed by atoms with Gasteiger partial charge in [-0.1, -0.05) is 0 Å². The second-order valence-corrected chi connectivity index (χ2v) is 5.86. The molecular weight excluding hydrogens is 336 g/mol. The Bertz CT molecular complexity index is 644. The smallest absolute Gasteiger partial charge is 0.175 e. The van der Waals surface area contributed by atoms with Crippen molar-refractivity contribution in [2.24, 2.45) is 7.05 Å². The fourth-order valence-corrected chi connectivity index (χ4v) is 2.92. The second kappa shape index (κ2) is 6.03. The highest BCUT2D eigenvalue weighted by molar-refractivity contribution is 9.10. The number of ether oxygens (including phenoxy) is 2. The molecule has 0 radical (unpaired) electrons. The SMILES string of the molecule is CC(NCc1cc(Br)c2c(c1)OCCO2)c1nncn1C. The maximum atomic E-state index is 5.63. The molecule has 7 heteroatoms. The van der Waals surface area contributed by atoms with E-state index in [1.807, 2.05) is 23.7 Å². The Morgan fingerprint density at radius 3 is 2.95 bits per heavy atom. The quantitative estimate of drug-likeness (QED) is 0.913. The molecule has 0 saturated carbocycles. The van der Waals surface area contributed by atoms with Gasteiger partial charge >= 0.3 is 0 Å². The van der Waals surface area contributed by atoms with Crippen molar-refractivity contribution in [3.8, 4) is 11.5 Å². The number of nitrogens with zero attached hydrogens (tertiary/aromatic N) is 3. The van der Waals surface area contributed by atoms with Gasteiger partial charge in [0.25, 0.3) is 0 Å². The Morgan fingerprint density at radius 1 is 1.38 bits per heavy atom. The van der Waals surface area contributed by atoms with Crippen molar-refractivity contribution < 1.29 is 9.47 Å². The molecule has 0 spiro atoms. The highest BCUT2D eigenvalue weighted by Gasteiger charge is 2.17. The molecule has 0 aliphatic carbocycles. The molecular formula is C14H17BrN4O2. The van der Waals surface area contributed by atoms with Crippen molar-refractivity contribution >= 4 is 15.9 Å². The van der Waals surface area contributed by atoms with E-state index in [0.29, 0.717) is 19.8 Å². The van der Waals surface area contributed by atoms with E-state index < -0.39 is 0 Å². The minimum atomic E-state index is 0.115. The predicted molar refractivity (Wildman–Crippen MR) is 81.4 cm³/mol. The van der Waals surface area contributed by atoms with E-state index in [1.54, 1.807) is 6.33 Å². The van der Waals surface area contributed by atoms with Crippen LogP contribution in [0.4, 0.5) is 0 Å². The topological polar surface area (TPSA) is 61.2 Å². The molecule has 1 unspecified atom stereocenters. The van der Waals surface area contributed by atoms with Crippen LogP contribution in [0.5, 0.6) is 11.5 Å². The molecule has 1 N–H and O–H groups in total. The number of halogens is 1. The molecule has 1 aromatic heterocycles. The summed E-state index contributed by atoms with van der Waals surface area (Å²) in [6, 6.07) is 4.17. The van der Waals surface area contributed by atoms with E-state index in [-0.39, 0.29) is 6.04 Å². The molecule has 0 bridgehead atoms. The van der Waals surface area contributed by atoms with Crippen LogP contribution in [0.1, 0.15) is 24.4 Å². The average Bonchev–Trinajstić information content (AvgIpc) is 2.91. The molecule has 1 aliphatic heterocycles. The van der Waals surface area contributed by atoms with Crippen molar-refractivity contribution in [2.45, 2.75) is 19.5 Å². The van der Waals surface area contributed by atoms with Gasteiger partial charge in [-0.3, -0.25) is 0 Å². The van der Waals surface area contributed by atoms with Crippen LogP contribution in [-0.2, 0) is 13.6 Å². The lowest BCUT2D eigenvalue weighted by atomic mass is 10.1. The minimum absolute atomic E-state index is 0.115. The third-order valence-corrected chi connectivity index (χ3v) is 3.99. The lowest BCUT2D eigenvalue weighted by molar-refractivity contribution is 0.170. The maximum Gasteiger partial charge on any atom is 0.175 e. The van der Waals surface area contributed by atoms with Gasteiger partial charge in [0.2, 0.25) is 0 Å². The average molecular weight is 353 g/mol. The van der Waals surface area contributed by atoms with E-state index >= 15 is 0 Å². The number of rotatable bonds is 4. The minimum Gasteiger partial charge on any atom is -0.486 e. The Balaban J connectivity index is 1.71. The summed E-state index contributed by atoms with van der Waals surface area (Å²) in [6.45, 7) is 3.96. The van der Waals surface area contributed by atoms with E-state index in [2.05, 4.69) is 38.4 Å². The largest absolute Gasteiger partial charge is 0.486 e. The van der Waals surface area contributed by atoms with E-state index in [9.17, 15) is 0 Å². The van der Waals surface area contributed by atoms with Gasteiger partial charge in [0.1, 0.15) is 25.4 Å². The lowest BCUT2D eigenvalue weighted by Crippen LogP contribution is -2.21. The molecule has 2 heterocycles. The standard InChI is InChI=1S/C14H17BrN4O2/c1-9(14-18-17-8-19(14)2)16-7-10-5-11(15)13-12(6-10)20-3-4-21-13/h5-6,8-9,16H,3-4,7H2,1-2H3. The zero-order valence-electron chi connectivity index (χ0n) is 12.0. The summed E-state index contributed by atoms with van der Waals surface area (Å²) in [6.07, 6.45) is 1.70. The maximum absolute atomic E-state index is 5.63. The number of hydrogen-bond acceptors (Lipinski definition) is 5. The molecule has 0 saturated heterocycles. The Morgan fingerprint density at radius 2 is 2.19 bits per heavy atom. The third-order valence-electron chi connectivity index (χ3n) is 3.40. The van der Waals surface area contributed by atoms with Crippen LogP contribution >= 0.6 is 15.9 Å². The molecule has 0 fully saturated rings. The van der Waals surface area contributed by atoms with Crippen LogP contribution in [0.15, 0.2) is 22.9 Å². The van der Waals surface area contributed by atoms with E-state index in [1.165, 1.54) is 0 Å². The summed E-state index contributed by atoms with van der Waals surface area (Å²) in [5, 5.41) is 11.4. The van der Waals surface area contributed by atoms with Crippen molar-refractivity contribution in [1.82, 2.24) is 20.1 Å². The first-order valence-corrected chi connectivity index (χ1v) is 7.59. The molecule has 1 aliphatic rings. The van der Waals surface area contributed by atoms with Gasteiger partial charge in [-0.15, -0.1) is 10.2 Å². The number of benzene rings is 1. The van der Waals surface area contributed by atoms with Crippen LogP contribution in [-0.4, -0.2) is 28.0 Å². The lowest BCUT2D eigenvalue weighted by Gasteiger charge is -2.21. The van der Waals surface area contributed by atoms with Crippen LogP contribution in [0.2, 0.25) is 0 Å². The van der Waals surface area contributed by atoms with Gasteiger partial charge in [0.05, 0.1) is 10.5 Å². The fraction of sp³-hybridized carbons (Fsp3) is 0.429. The highest BCUT2D eigenvalue weighted by Crippen LogP contribution is 2.38. The summed E-state index contributed by atoms with van der Waals surface area (Å²) in [5.41, 5.74) is 1.13. The first-order valence-electron chi connectivity index (χ1n) is 6.80. The van der Waals surface area contributed by atoms with Crippen LogP contribution < -0.4 is 14.8 Å². The normalized spacial score (nSPS) is 15.0. The molecule has 6 nitrogen and oxygen atoms in total. The number of fused-ring (bicyclic) bond motifs is 1. The Hall–Kier alpha value is -1.60. The summed E-state index contributed by atoms with van der Waals surface area (Å²) < 4.78 is 14.1. The van der Waals surface area contributed by atoms with E-state index in [0.717, 1.165) is 27.4 Å². The van der Waals surface area contributed by atoms with Crippen molar-refractivity contribution in [2.75, 3.05) is 13.2 Å². The highest BCUT2D eigenvalue weighted by atomic mass is 79.9. The van der Waals surface area contributed by atoms with Gasteiger partial charge in [0.15, 0.2) is 11.5 Å². The zero-order valence-corrected chi connectivity index (χ0v) is 13.6. The number of nitrogens with one attached hydrogen (secondary N) is 1. The fourth-order valence-electron chi connectivity index (χ4n) is 2.31. The summed E-state index contributed by atoms with van der Waals surface area (Å²) in [4.78, 5) is 0. The van der Waals surface area contributed by atoms with Crippen LogP contribution in [0.3, 0.4) is 0 Å². The second-order valence-electron chi connectivity index (χ2n) is 5.00. The number of aryl methyl sites for hydroxylation is 1. The molecule has 21 heavy (non-hydrogen) atoms. The van der Waals surface area contributed by atoms with Crippen molar-refractivity contribution in [1.29, 1.82) is 0 Å².